The van der Waals surface area contributed by atoms with Crippen LogP contribution in [0.15, 0.2) is 30.6 Å². The zero-order valence-corrected chi connectivity index (χ0v) is 11.7. The second-order valence-corrected chi connectivity index (χ2v) is 4.92. The lowest BCUT2D eigenvalue weighted by atomic mass is 9.99. The fraction of sp³-hybridized carbons (Fsp3) is 0.267. The van der Waals surface area contributed by atoms with Crippen LogP contribution in [-0.4, -0.2) is 19.1 Å². The summed E-state index contributed by atoms with van der Waals surface area (Å²) in [5.41, 5.74) is 2.91. The van der Waals surface area contributed by atoms with Crippen LogP contribution >= 0.6 is 0 Å². The van der Waals surface area contributed by atoms with E-state index < -0.39 is 0 Å². The van der Waals surface area contributed by atoms with E-state index in [0.29, 0.717) is 0 Å². The first kappa shape index (κ1) is 12.4. The average molecular weight is 265 g/mol. The van der Waals surface area contributed by atoms with E-state index in [1.165, 1.54) is 0 Å². The van der Waals surface area contributed by atoms with Crippen LogP contribution in [0, 0.1) is 18.3 Å². The molecule has 3 aromatic rings. The van der Waals surface area contributed by atoms with Gasteiger partial charge < -0.3 is 9.13 Å². The van der Waals surface area contributed by atoms with Crippen molar-refractivity contribution in [3.05, 3.63) is 47.8 Å². The van der Waals surface area contributed by atoms with Crippen molar-refractivity contribution in [1.29, 1.82) is 5.26 Å². The summed E-state index contributed by atoms with van der Waals surface area (Å²) in [5.74, 6) is 1.34. The molecule has 0 fully saturated rings. The lowest BCUT2D eigenvalue weighted by Crippen LogP contribution is -2.05. The number of imidazole rings is 2. The SMILES string of the molecule is Cc1nc2cc(C(C#N)c3nccn3C)ccc2n1C. The predicted molar refractivity (Wildman–Crippen MR) is 76.1 cm³/mol. The third-order valence-corrected chi connectivity index (χ3v) is 3.71. The summed E-state index contributed by atoms with van der Waals surface area (Å²) in [6.45, 7) is 1.97. The van der Waals surface area contributed by atoms with Crippen molar-refractivity contribution >= 4 is 11.0 Å². The highest BCUT2D eigenvalue weighted by atomic mass is 15.1. The molecule has 2 heterocycles. The van der Waals surface area contributed by atoms with Gasteiger partial charge in [0.05, 0.1) is 17.1 Å². The Morgan fingerprint density at radius 1 is 1.30 bits per heavy atom. The van der Waals surface area contributed by atoms with E-state index >= 15 is 0 Å². The van der Waals surface area contributed by atoms with Crippen molar-refractivity contribution in [2.75, 3.05) is 0 Å². The third-order valence-electron chi connectivity index (χ3n) is 3.71. The van der Waals surface area contributed by atoms with Gasteiger partial charge in [0.1, 0.15) is 17.6 Å². The van der Waals surface area contributed by atoms with E-state index in [0.717, 1.165) is 28.2 Å². The molecule has 0 aliphatic rings. The number of benzene rings is 1. The summed E-state index contributed by atoms with van der Waals surface area (Å²) in [7, 11) is 3.89. The molecule has 0 N–H and O–H groups in total. The number of rotatable bonds is 2. The standard InChI is InChI=1S/C15H15N5/c1-10-18-13-8-11(4-5-14(13)20(10)3)12(9-16)15-17-6-7-19(15)2/h4-8,12H,1-3H3. The Labute approximate surface area is 117 Å². The minimum atomic E-state index is -0.373. The molecule has 0 amide bonds. The number of aromatic nitrogens is 4. The number of fused-ring (bicyclic) bond motifs is 1. The molecule has 5 nitrogen and oxygen atoms in total. The molecule has 0 radical (unpaired) electrons. The van der Waals surface area contributed by atoms with E-state index in [4.69, 9.17) is 0 Å². The van der Waals surface area contributed by atoms with Crippen molar-refractivity contribution in [3.63, 3.8) is 0 Å². The van der Waals surface area contributed by atoms with E-state index in [9.17, 15) is 5.26 Å². The second-order valence-electron chi connectivity index (χ2n) is 4.92. The monoisotopic (exact) mass is 265 g/mol. The lowest BCUT2D eigenvalue weighted by molar-refractivity contribution is 0.784. The summed E-state index contributed by atoms with van der Waals surface area (Å²) >= 11 is 0. The first-order chi connectivity index (χ1) is 9.61. The molecular weight excluding hydrogens is 250 g/mol. The van der Waals surface area contributed by atoms with Gasteiger partial charge >= 0.3 is 0 Å². The van der Waals surface area contributed by atoms with Crippen LogP contribution in [0.3, 0.4) is 0 Å². The maximum absolute atomic E-state index is 9.48. The second kappa shape index (κ2) is 4.49. The van der Waals surface area contributed by atoms with Crippen molar-refractivity contribution in [2.24, 2.45) is 14.1 Å². The van der Waals surface area contributed by atoms with Crippen molar-refractivity contribution in [3.8, 4) is 6.07 Å². The normalized spacial score (nSPS) is 12.5. The first-order valence-electron chi connectivity index (χ1n) is 6.41. The van der Waals surface area contributed by atoms with E-state index in [2.05, 4.69) is 16.0 Å². The largest absolute Gasteiger partial charge is 0.337 e. The number of hydrogen-bond acceptors (Lipinski definition) is 3. The fourth-order valence-corrected chi connectivity index (χ4v) is 2.45. The Bertz CT molecular complexity index is 819. The average Bonchev–Trinajstić information content (AvgIpc) is 2.96. The molecule has 0 saturated heterocycles. The molecule has 1 unspecified atom stereocenters. The molecule has 5 heteroatoms. The van der Waals surface area contributed by atoms with E-state index in [1.54, 1.807) is 6.20 Å². The fourth-order valence-electron chi connectivity index (χ4n) is 2.45. The molecule has 1 atom stereocenters. The topological polar surface area (TPSA) is 59.4 Å². The van der Waals surface area contributed by atoms with Crippen LogP contribution in [0.25, 0.3) is 11.0 Å². The number of aryl methyl sites for hydroxylation is 3. The van der Waals surface area contributed by atoms with Crippen molar-refractivity contribution in [2.45, 2.75) is 12.8 Å². The highest BCUT2D eigenvalue weighted by Gasteiger charge is 2.18. The van der Waals surface area contributed by atoms with Crippen LogP contribution in [0.1, 0.15) is 23.1 Å². The Balaban J connectivity index is 2.14. The first-order valence-corrected chi connectivity index (χ1v) is 6.41. The maximum atomic E-state index is 9.48. The summed E-state index contributed by atoms with van der Waals surface area (Å²) in [5, 5.41) is 9.48. The van der Waals surface area contributed by atoms with Gasteiger partial charge in [-0.2, -0.15) is 5.26 Å². The predicted octanol–water partition coefficient (Wildman–Crippen LogP) is 2.27. The molecule has 20 heavy (non-hydrogen) atoms. The maximum Gasteiger partial charge on any atom is 0.130 e. The molecule has 100 valence electrons. The van der Waals surface area contributed by atoms with Gasteiger partial charge in [0.15, 0.2) is 0 Å². The van der Waals surface area contributed by atoms with Gasteiger partial charge in [-0.3, -0.25) is 0 Å². The Kier molecular flexibility index (Phi) is 2.79. The molecule has 1 aromatic carbocycles. The minimum absolute atomic E-state index is 0.373. The van der Waals surface area contributed by atoms with Gasteiger partial charge in [0, 0.05) is 26.5 Å². The van der Waals surface area contributed by atoms with E-state index in [1.807, 2.05) is 54.5 Å². The minimum Gasteiger partial charge on any atom is -0.337 e. The highest BCUT2D eigenvalue weighted by Crippen LogP contribution is 2.25. The van der Waals surface area contributed by atoms with Gasteiger partial charge in [0.2, 0.25) is 0 Å². The number of hydrogen-bond donors (Lipinski definition) is 0. The quantitative estimate of drug-likeness (QED) is 0.714. The Morgan fingerprint density at radius 2 is 2.10 bits per heavy atom. The van der Waals surface area contributed by atoms with Gasteiger partial charge in [0.25, 0.3) is 0 Å². The summed E-state index contributed by atoms with van der Waals surface area (Å²) in [6, 6.07) is 8.30. The molecular formula is C15H15N5. The lowest BCUT2D eigenvalue weighted by Gasteiger charge is -2.09. The van der Waals surface area contributed by atoms with Gasteiger partial charge in [-0.15, -0.1) is 0 Å². The van der Waals surface area contributed by atoms with Crippen molar-refractivity contribution in [1.82, 2.24) is 19.1 Å². The molecule has 2 aromatic heterocycles. The zero-order valence-electron chi connectivity index (χ0n) is 11.7. The van der Waals surface area contributed by atoms with Gasteiger partial charge in [-0.05, 0) is 24.6 Å². The van der Waals surface area contributed by atoms with Crippen molar-refractivity contribution < 1.29 is 0 Å². The molecule has 0 saturated carbocycles. The van der Waals surface area contributed by atoms with E-state index in [-0.39, 0.29) is 5.92 Å². The molecule has 0 aliphatic carbocycles. The number of nitrogens with zero attached hydrogens (tertiary/aromatic N) is 5. The van der Waals surface area contributed by atoms with Gasteiger partial charge in [-0.25, -0.2) is 9.97 Å². The molecule has 0 aliphatic heterocycles. The Morgan fingerprint density at radius 3 is 2.75 bits per heavy atom. The summed E-state index contributed by atoms with van der Waals surface area (Å²) < 4.78 is 3.92. The summed E-state index contributed by atoms with van der Waals surface area (Å²) in [4.78, 5) is 8.80. The molecule has 3 rings (SSSR count). The van der Waals surface area contributed by atoms with Crippen LogP contribution in [-0.2, 0) is 14.1 Å². The van der Waals surface area contributed by atoms with Crippen LogP contribution in [0.2, 0.25) is 0 Å². The number of nitriles is 1. The third kappa shape index (κ3) is 1.77. The van der Waals surface area contributed by atoms with Crippen LogP contribution in [0.4, 0.5) is 0 Å². The van der Waals surface area contributed by atoms with Crippen LogP contribution in [0.5, 0.6) is 0 Å². The summed E-state index contributed by atoms with van der Waals surface area (Å²) in [6.07, 6.45) is 3.56. The van der Waals surface area contributed by atoms with Gasteiger partial charge in [-0.1, -0.05) is 6.07 Å². The molecule has 0 spiro atoms. The highest BCUT2D eigenvalue weighted by molar-refractivity contribution is 5.77. The van der Waals surface area contributed by atoms with Crippen LogP contribution < -0.4 is 0 Å². The zero-order chi connectivity index (χ0) is 14.3. The smallest absolute Gasteiger partial charge is 0.130 e. The Hall–Kier alpha value is -2.61. The molecule has 0 bridgehead atoms.